The van der Waals surface area contributed by atoms with E-state index in [1.165, 1.54) is 38.4 Å². The molecular formula is C17H22N2O4S. The highest BCUT2D eigenvalue weighted by Crippen LogP contribution is 2.14. The van der Waals surface area contributed by atoms with Crippen LogP contribution in [-0.4, -0.2) is 38.8 Å². The Balaban J connectivity index is 1.95. The average Bonchev–Trinajstić information content (AvgIpc) is 3.06. The molecule has 1 aromatic heterocycles. The SMILES string of the molecule is CC(CCc1ccco1)NC(=O)c1ccc(S(=O)(=O)N(C)C)cc1. The van der Waals surface area contributed by atoms with Crippen LogP contribution in [0.15, 0.2) is 52.0 Å². The van der Waals surface area contributed by atoms with Crippen molar-refractivity contribution in [1.82, 2.24) is 9.62 Å². The van der Waals surface area contributed by atoms with E-state index in [9.17, 15) is 13.2 Å². The van der Waals surface area contributed by atoms with Gasteiger partial charge in [0.25, 0.3) is 5.91 Å². The number of carbonyl (C=O) groups is 1. The average molecular weight is 350 g/mol. The minimum Gasteiger partial charge on any atom is -0.469 e. The van der Waals surface area contributed by atoms with Gasteiger partial charge in [-0.25, -0.2) is 12.7 Å². The quantitative estimate of drug-likeness (QED) is 0.831. The van der Waals surface area contributed by atoms with Crippen molar-refractivity contribution in [2.45, 2.75) is 30.7 Å². The molecule has 130 valence electrons. The molecule has 6 nitrogen and oxygen atoms in total. The Morgan fingerprint density at radius 2 is 1.88 bits per heavy atom. The zero-order valence-electron chi connectivity index (χ0n) is 14.0. The van der Waals surface area contributed by atoms with Crippen LogP contribution in [0.5, 0.6) is 0 Å². The highest BCUT2D eigenvalue weighted by atomic mass is 32.2. The monoisotopic (exact) mass is 350 g/mol. The Bertz CT molecular complexity index is 765. The van der Waals surface area contributed by atoms with Crippen LogP contribution in [0.2, 0.25) is 0 Å². The van der Waals surface area contributed by atoms with E-state index in [2.05, 4.69) is 5.32 Å². The number of amides is 1. The van der Waals surface area contributed by atoms with Crippen molar-refractivity contribution in [3.8, 4) is 0 Å². The number of rotatable bonds is 7. The van der Waals surface area contributed by atoms with Crippen LogP contribution < -0.4 is 5.32 Å². The van der Waals surface area contributed by atoms with Crippen LogP contribution in [0, 0.1) is 0 Å². The molecular weight excluding hydrogens is 328 g/mol. The predicted octanol–water partition coefficient (Wildman–Crippen LogP) is 2.28. The molecule has 0 bridgehead atoms. The molecule has 2 rings (SSSR count). The van der Waals surface area contributed by atoms with Crippen molar-refractivity contribution in [1.29, 1.82) is 0 Å². The number of carbonyl (C=O) groups excluding carboxylic acids is 1. The minimum absolute atomic E-state index is 0.0206. The Hall–Kier alpha value is -2.12. The summed E-state index contributed by atoms with van der Waals surface area (Å²) in [7, 11) is -0.547. The summed E-state index contributed by atoms with van der Waals surface area (Å²) in [6.07, 6.45) is 3.13. The molecule has 1 atom stereocenters. The Morgan fingerprint density at radius 1 is 1.21 bits per heavy atom. The molecule has 0 aliphatic heterocycles. The third-order valence-corrected chi connectivity index (χ3v) is 5.51. The van der Waals surface area contributed by atoms with Crippen molar-refractivity contribution in [3.05, 3.63) is 54.0 Å². The van der Waals surface area contributed by atoms with E-state index in [4.69, 9.17) is 4.42 Å². The molecule has 0 fully saturated rings. The number of hydrogen-bond acceptors (Lipinski definition) is 4. The Labute approximate surface area is 142 Å². The fourth-order valence-electron chi connectivity index (χ4n) is 2.18. The normalized spacial score (nSPS) is 13.0. The van der Waals surface area contributed by atoms with Gasteiger partial charge in [-0.05, 0) is 49.7 Å². The van der Waals surface area contributed by atoms with E-state index in [-0.39, 0.29) is 16.8 Å². The molecule has 2 aromatic rings. The van der Waals surface area contributed by atoms with Gasteiger partial charge in [-0.1, -0.05) is 0 Å². The van der Waals surface area contributed by atoms with Crippen molar-refractivity contribution in [2.75, 3.05) is 14.1 Å². The number of nitrogens with one attached hydrogen (secondary N) is 1. The van der Waals surface area contributed by atoms with Crippen molar-refractivity contribution in [2.24, 2.45) is 0 Å². The fourth-order valence-corrected chi connectivity index (χ4v) is 3.08. The molecule has 1 N–H and O–H groups in total. The molecule has 0 spiro atoms. The van der Waals surface area contributed by atoms with Gasteiger partial charge in [-0.3, -0.25) is 4.79 Å². The summed E-state index contributed by atoms with van der Waals surface area (Å²) >= 11 is 0. The number of nitrogens with zero attached hydrogens (tertiary/aromatic N) is 1. The summed E-state index contributed by atoms with van der Waals surface area (Å²) in [5.41, 5.74) is 0.428. The van der Waals surface area contributed by atoms with Gasteiger partial charge in [0.15, 0.2) is 0 Å². The van der Waals surface area contributed by atoms with Gasteiger partial charge in [0.1, 0.15) is 5.76 Å². The van der Waals surface area contributed by atoms with Crippen LogP contribution in [-0.2, 0) is 16.4 Å². The van der Waals surface area contributed by atoms with Gasteiger partial charge in [-0.2, -0.15) is 0 Å². The summed E-state index contributed by atoms with van der Waals surface area (Å²) in [6.45, 7) is 1.92. The van der Waals surface area contributed by atoms with Crippen LogP contribution >= 0.6 is 0 Å². The van der Waals surface area contributed by atoms with Crippen molar-refractivity contribution >= 4 is 15.9 Å². The van der Waals surface area contributed by atoms with Gasteiger partial charge in [0.2, 0.25) is 10.0 Å². The highest BCUT2D eigenvalue weighted by molar-refractivity contribution is 7.89. The summed E-state index contributed by atoms with van der Waals surface area (Å²) in [5, 5.41) is 2.90. The summed E-state index contributed by atoms with van der Waals surface area (Å²) in [6, 6.07) is 9.64. The Morgan fingerprint density at radius 3 is 2.42 bits per heavy atom. The summed E-state index contributed by atoms with van der Waals surface area (Å²) < 4.78 is 30.4. The van der Waals surface area contributed by atoms with Gasteiger partial charge in [-0.15, -0.1) is 0 Å². The topological polar surface area (TPSA) is 79.6 Å². The maximum atomic E-state index is 12.2. The molecule has 0 radical (unpaired) electrons. The fraction of sp³-hybridized carbons (Fsp3) is 0.353. The number of hydrogen-bond donors (Lipinski definition) is 1. The zero-order valence-corrected chi connectivity index (χ0v) is 14.8. The molecule has 0 saturated heterocycles. The lowest BCUT2D eigenvalue weighted by atomic mass is 10.1. The molecule has 1 amide bonds. The first-order valence-corrected chi connectivity index (χ1v) is 9.10. The van der Waals surface area contributed by atoms with Crippen LogP contribution in [0.25, 0.3) is 0 Å². The number of benzene rings is 1. The maximum absolute atomic E-state index is 12.2. The number of furan rings is 1. The molecule has 24 heavy (non-hydrogen) atoms. The second-order valence-electron chi connectivity index (χ2n) is 5.80. The van der Waals surface area contributed by atoms with E-state index in [1.807, 2.05) is 19.1 Å². The van der Waals surface area contributed by atoms with Crippen molar-refractivity contribution in [3.63, 3.8) is 0 Å². The first kappa shape index (κ1) is 18.2. The lowest BCUT2D eigenvalue weighted by Crippen LogP contribution is -2.32. The van der Waals surface area contributed by atoms with Crippen LogP contribution in [0.1, 0.15) is 29.5 Å². The minimum atomic E-state index is -3.48. The highest BCUT2D eigenvalue weighted by Gasteiger charge is 2.18. The molecule has 1 unspecified atom stereocenters. The van der Waals surface area contributed by atoms with Gasteiger partial charge >= 0.3 is 0 Å². The van der Waals surface area contributed by atoms with E-state index >= 15 is 0 Å². The smallest absolute Gasteiger partial charge is 0.251 e. The first-order valence-electron chi connectivity index (χ1n) is 7.66. The molecule has 0 aliphatic rings. The first-order chi connectivity index (χ1) is 11.3. The predicted molar refractivity (Wildman–Crippen MR) is 91.3 cm³/mol. The van der Waals surface area contributed by atoms with E-state index in [1.54, 1.807) is 6.26 Å². The maximum Gasteiger partial charge on any atom is 0.251 e. The lowest BCUT2D eigenvalue weighted by Gasteiger charge is -2.14. The largest absolute Gasteiger partial charge is 0.469 e. The second kappa shape index (κ2) is 7.63. The van der Waals surface area contributed by atoms with E-state index < -0.39 is 10.0 Å². The molecule has 0 aliphatic carbocycles. The van der Waals surface area contributed by atoms with Gasteiger partial charge in [0, 0.05) is 32.1 Å². The zero-order chi connectivity index (χ0) is 17.7. The lowest BCUT2D eigenvalue weighted by molar-refractivity contribution is 0.0938. The van der Waals surface area contributed by atoms with Crippen molar-refractivity contribution < 1.29 is 17.6 Å². The molecule has 1 heterocycles. The summed E-state index contributed by atoms with van der Waals surface area (Å²) in [4.78, 5) is 12.4. The second-order valence-corrected chi connectivity index (χ2v) is 7.96. The van der Waals surface area contributed by atoms with Crippen LogP contribution in [0.4, 0.5) is 0 Å². The third kappa shape index (κ3) is 4.46. The van der Waals surface area contributed by atoms with Gasteiger partial charge in [0.05, 0.1) is 11.2 Å². The third-order valence-electron chi connectivity index (χ3n) is 3.68. The molecule has 7 heteroatoms. The Kier molecular flexibility index (Phi) is 5.80. The van der Waals surface area contributed by atoms with E-state index in [0.29, 0.717) is 5.56 Å². The van der Waals surface area contributed by atoms with E-state index in [0.717, 1.165) is 22.9 Å². The summed E-state index contributed by atoms with van der Waals surface area (Å²) in [5.74, 6) is 0.657. The number of sulfonamides is 1. The van der Waals surface area contributed by atoms with Crippen LogP contribution in [0.3, 0.4) is 0 Å². The molecule has 0 saturated carbocycles. The van der Waals surface area contributed by atoms with Gasteiger partial charge < -0.3 is 9.73 Å². The number of aryl methyl sites for hydroxylation is 1. The molecule has 1 aromatic carbocycles. The standard InChI is InChI=1S/C17H22N2O4S/c1-13(6-9-15-5-4-12-23-15)18-17(20)14-7-10-16(11-8-14)24(21,22)19(2)3/h4-5,7-8,10-13H,6,9H2,1-3H3,(H,18,20).